The van der Waals surface area contributed by atoms with Gasteiger partial charge in [-0.1, -0.05) is 32.0 Å². The third kappa shape index (κ3) is 3.55. The largest absolute Gasteiger partial charge is 0.345 e. The van der Waals surface area contributed by atoms with E-state index in [-0.39, 0.29) is 0 Å². The lowest BCUT2D eigenvalue weighted by atomic mass is 10.3. The summed E-state index contributed by atoms with van der Waals surface area (Å²) in [7, 11) is 0. The van der Waals surface area contributed by atoms with Gasteiger partial charge in [-0.2, -0.15) is 11.8 Å². The number of nitrogens with zero attached hydrogens (tertiary/aromatic N) is 1. The van der Waals surface area contributed by atoms with Crippen molar-refractivity contribution in [2.24, 2.45) is 0 Å². The van der Waals surface area contributed by atoms with Crippen LogP contribution in [-0.2, 0) is 12.2 Å². The molecule has 1 fully saturated rings. The van der Waals surface area contributed by atoms with Gasteiger partial charge in [0.1, 0.15) is 10.5 Å². The van der Waals surface area contributed by atoms with E-state index >= 15 is 0 Å². The molecule has 0 aliphatic heterocycles. The van der Waals surface area contributed by atoms with Crippen LogP contribution in [0.1, 0.15) is 44.1 Å². The van der Waals surface area contributed by atoms with Crippen LogP contribution in [0.25, 0.3) is 0 Å². The lowest BCUT2D eigenvalue weighted by Crippen LogP contribution is -2.02. The van der Waals surface area contributed by atoms with Gasteiger partial charge in [-0.15, -0.1) is 0 Å². The van der Waals surface area contributed by atoms with Crippen molar-refractivity contribution in [3.05, 3.63) is 20.6 Å². The molecule has 1 aromatic rings. The Bertz CT molecular complexity index is 439. The van der Waals surface area contributed by atoms with Crippen LogP contribution in [0.15, 0.2) is 4.47 Å². The van der Waals surface area contributed by atoms with E-state index < -0.39 is 0 Å². The highest BCUT2D eigenvalue weighted by Gasteiger charge is 2.16. The molecule has 5 heteroatoms. The number of H-pyrrole nitrogens is 1. The Morgan fingerprint density at radius 3 is 2.82 bits per heavy atom. The van der Waals surface area contributed by atoms with Crippen molar-refractivity contribution in [3.8, 4) is 0 Å². The molecule has 1 N–H and O–H groups in total. The van der Waals surface area contributed by atoms with Crippen molar-refractivity contribution in [2.75, 3.05) is 0 Å². The van der Waals surface area contributed by atoms with Gasteiger partial charge in [0.25, 0.3) is 0 Å². The average molecular weight is 333 g/mol. The molecule has 0 aromatic carbocycles. The Labute approximate surface area is 120 Å². The number of aryl methyl sites for hydroxylation is 1. The van der Waals surface area contributed by atoms with Crippen LogP contribution in [-0.4, -0.2) is 15.2 Å². The standard InChI is InChI=1S/C12H17BrN2S2/c1-2-9-11(13)12(16)15-10(14-9)7-17-8-5-3-4-6-8/h8H,2-7H2,1H3,(H,14,15,16). The van der Waals surface area contributed by atoms with Crippen LogP contribution in [0.5, 0.6) is 0 Å². The third-order valence-electron chi connectivity index (χ3n) is 3.10. The maximum atomic E-state index is 5.26. The number of rotatable bonds is 4. The lowest BCUT2D eigenvalue weighted by molar-refractivity contribution is 0.886. The maximum Gasteiger partial charge on any atom is 0.144 e. The Morgan fingerprint density at radius 2 is 2.18 bits per heavy atom. The zero-order valence-electron chi connectivity index (χ0n) is 9.96. The Kier molecular flexibility index (Phi) is 5.06. The van der Waals surface area contributed by atoms with E-state index in [2.05, 4.69) is 32.8 Å². The SMILES string of the molecule is CCc1[nH]c(CSC2CCCC2)nc(=S)c1Br. The third-order valence-corrected chi connectivity index (χ3v) is 5.89. The minimum absolute atomic E-state index is 0.683. The molecular formula is C12H17BrN2S2. The van der Waals surface area contributed by atoms with Gasteiger partial charge in [-0.3, -0.25) is 0 Å². The molecule has 1 aliphatic rings. The lowest BCUT2D eigenvalue weighted by Gasteiger charge is -2.10. The second kappa shape index (κ2) is 6.34. The van der Waals surface area contributed by atoms with E-state index in [1.165, 1.54) is 25.7 Å². The first kappa shape index (κ1) is 13.6. The number of aromatic nitrogens is 2. The van der Waals surface area contributed by atoms with E-state index in [4.69, 9.17) is 12.2 Å². The molecule has 17 heavy (non-hydrogen) atoms. The van der Waals surface area contributed by atoms with Crippen molar-refractivity contribution in [1.29, 1.82) is 0 Å². The summed E-state index contributed by atoms with van der Waals surface area (Å²) in [6.45, 7) is 2.12. The Hall–Kier alpha value is 0.130. The second-order valence-electron chi connectivity index (χ2n) is 4.35. The highest BCUT2D eigenvalue weighted by Crippen LogP contribution is 2.31. The molecule has 1 heterocycles. The monoisotopic (exact) mass is 332 g/mol. The summed E-state index contributed by atoms with van der Waals surface area (Å²) >= 11 is 10.8. The van der Waals surface area contributed by atoms with Gasteiger partial charge in [0.05, 0.1) is 10.2 Å². The van der Waals surface area contributed by atoms with Gasteiger partial charge in [0.15, 0.2) is 0 Å². The molecule has 1 saturated carbocycles. The summed E-state index contributed by atoms with van der Waals surface area (Å²) in [5.74, 6) is 1.97. The van der Waals surface area contributed by atoms with Crippen molar-refractivity contribution in [2.45, 2.75) is 50.0 Å². The minimum Gasteiger partial charge on any atom is -0.345 e. The van der Waals surface area contributed by atoms with E-state index in [0.29, 0.717) is 4.64 Å². The zero-order chi connectivity index (χ0) is 12.3. The average Bonchev–Trinajstić information content (AvgIpc) is 2.83. The maximum absolute atomic E-state index is 5.26. The molecular weight excluding hydrogens is 316 g/mol. The molecule has 0 bridgehead atoms. The second-order valence-corrected chi connectivity index (χ2v) is 6.82. The zero-order valence-corrected chi connectivity index (χ0v) is 13.2. The first-order valence-corrected chi connectivity index (χ1v) is 8.35. The van der Waals surface area contributed by atoms with Gasteiger partial charge in [0.2, 0.25) is 0 Å². The predicted molar refractivity (Wildman–Crippen MR) is 80.1 cm³/mol. The molecule has 0 radical (unpaired) electrons. The molecule has 0 spiro atoms. The van der Waals surface area contributed by atoms with Crippen LogP contribution >= 0.6 is 39.9 Å². The van der Waals surface area contributed by atoms with Crippen LogP contribution in [0, 0.1) is 4.64 Å². The van der Waals surface area contributed by atoms with Gasteiger partial charge in [-0.25, -0.2) is 4.98 Å². The molecule has 1 aromatic heterocycles. The van der Waals surface area contributed by atoms with Crippen LogP contribution in [0.2, 0.25) is 0 Å². The van der Waals surface area contributed by atoms with Gasteiger partial charge in [-0.05, 0) is 35.2 Å². The van der Waals surface area contributed by atoms with E-state index in [0.717, 1.165) is 33.4 Å². The molecule has 0 saturated heterocycles. The topological polar surface area (TPSA) is 28.7 Å². The summed E-state index contributed by atoms with van der Waals surface area (Å²) in [5.41, 5.74) is 1.16. The molecule has 94 valence electrons. The molecule has 2 nitrogen and oxygen atoms in total. The number of halogens is 1. The summed E-state index contributed by atoms with van der Waals surface area (Å²) in [4.78, 5) is 7.82. The molecule has 0 unspecified atom stereocenters. The molecule has 0 atom stereocenters. The molecule has 1 aliphatic carbocycles. The molecule has 0 amide bonds. The number of hydrogen-bond acceptors (Lipinski definition) is 3. The summed E-state index contributed by atoms with van der Waals surface area (Å²) in [6.07, 6.45) is 6.46. The van der Waals surface area contributed by atoms with E-state index in [1.54, 1.807) is 0 Å². The van der Waals surface area contributed by atoms with Gasteiger partial charge in [0, 0.05) is 10.9 Å². The smallest absolute Gasteiger partial charge is 0.144 e. The summed E-state index contributed by atoms with van der Waals surface area (Å²) in [5, 5.41) is 0.826. The molecule has 2 rings (SSSR count). The quantitative estimate of drug-likeness (QED) is 0.814. The number of thioether (sulfide) groups is 1. The highest BCUT2D eigenvalue weighted by molar-refractivity contribution is 9.10. The fourth-order valence-electron chi connectivity index (χ4n) is 2.12. The Balaban J connectivity index is 2.05. The van der Waals surface area contributed by atoms with Gasteiger partial charge < -0.3 is 4.98 Å². The first-order valence-electron chi connectivity index (χ1n) is 6.10. The van der Waals surface area contributed by atoms with Crippen molar-refractivity contribution in [1.82, 2.24) is 9.97 Å². The van der Waals surface area contributed by atoms with Crippen LogP contribution in [0.3, 0.4) is 0 Å². The summed E-state index contributed by atoms with van der Waals surface area (Å²) in [6, 6.07) is 0. The Morgan fingerprint density at radius 1 is 1.47 bits per heavy atom. The number of aromatic amines is 1. The minimum atomic E-state index is 0.683. The number of hydrogen-bond donors (Lipinski definition) is 1. The van der Waals surface area contributed by atoms with Crippen LogP contribution in [0.4, 0.5) is 0 Å². The van der Waals surface area contributed by atoms with Crippen LogP contribution < -0.4 is 0 Å². The van der Waals surface area contributed by atoms with E-state index in [9.17, 15) is 0 Å². The predicted octanol–water partition coefficient (Wildman–Crippen LogP) is 4.64. The summed E-state index contributed by atoms with van der Waals surface area (Å²) < 4.78 is 1.63. The first-order chi connectivity index (χ1) is 8.20. The van der Waals surface area contributed by atoms with Crippen molar-refractivity contribution < 1.29 is 0 Å². The fraction of sp³-hybridized carbons (Fsp3) is 0.667. The normalized spacial score (nSPS) is 16.6. The van der Waals surface area contributed by atoms with Crippen molar-refractivity contribution in [3.63, 3.8) is 0 Å². The fourth-order valence-corrected chi connectivity index (χ4v) is 4.02. The van der Waals surface area contributed by atoms with Gasteiger partial charge >= 0.3 is 0 Å². The highest BCUT2D eigenvalue weighted by atomic mass is 79.9. The number of nitrogens with one attached hydrogen (secondary N) is 1. The van der Waals surface area contributed by atoms with Crippen molar-refractivity contribution >= 4 is 39.9 Å². The van der Waals surface area contributed by atoms with E-state index in [1.807, 2.05) is 11.8 Å².